The van der Waals surface area contributed by atoms with Crippen LogP contribution in [0.1, 0.15) is 33.7 Å². The van der Waals surface area contributed by atoms with Gasteiger partial charge >= 0.3 is 0 Å². The van der Waals surface area contributed by atoms with E-state index in [1.54, 1.807) is 69.9 Å². The Morgan fingerprint density at radius 1 is 1.04 bits per heavy atom. The molecular formula is C34H35Cl2N7O5. The smallest absolute Gasteiger partial charge is 0.297 e. The topological polar surface area (TPSA) is 133 Å². The van der Waals surface area contributed by atoms with E-state index < -0.39 is 0 Å². The quantitative estimate of drug-likeness (QED) is 0.182. The number of anilines is 1. The summed E-state index contributed by atoms with van der Waals surface area (Å²) in [6.07, 6.45) is 4.25. The van der Waals surface area contributed by atoms with Crippen LogP contribution in [0.3, 0.4) is 0 Å². The predicted molar refractivity (Wildman–Crippen MR) is 184 cm³/mol. The Hall–Kier alpha value is -5.07. The van der Waals surface area contributed by atoms with Crippen molar-refractivity contribution < 1.29 is 23.9 Å². The first-order valence-corrected chi connectivity index (χ1v) is 15.8. The number of fused-ring (bicyclic) bond motifs is 1. The van der Waals surface area contributed by atoms with Crippen molar-refractivity contribution in [2.75, 3.05) is 32.6 Å². The molecule has 2 aromatic heterocycles. The molecule has 3 amide bonds. The highest BCUT2D eigenvalue weighted by Gasteiger charge is 2.21. The SMILES string of the molecule is CNC(=O)c1ccc(CCC(=O)NCC(=O)N(C)c2ccc(Cl)c(COc3cccc4c3nc(OC)n4Cc3nccn3C)c2Cl)cc1. The molecule has 2 heterocycles. The number of carbonyl (C=O) groups is 3. The van der Waals surface area contributed by atoms with Crippen LogP contribution in [0.15, 0.2) is 67.0 Å². The molecule has 0 fully saturated rings. The number of para-hydroxylation sites is 1. The molecule has 14 heteroatoms. The summed E-state index contributed by atoms with van der Waals surface area (Å²) in [5.41, 5.74) is 3.72. The number of imidazole rings is 2. The highest BCUT2D eigenvalue weighted by molar-refractivity contribution is 6.38. The summed E-state index contributed by atoms with van der Waals surface area (Å²) in [7, 11) is 6.62. The number of nitrogens with zero attached hydrogens (tertiary/aromatic N) is 5. The van der Waals surface area contributed by atoms with Gasteiger partial charge in [-0.15, -0.1) is 0 Å². The second-order valence-electron chi connectivity index (χ2n) is 10.9. The molecule has 5 rings (SSSR count). The van der Waals surface area contributed by atoms with Crippen molar-refractivity contribution in [3.8, 4) is 11.8 Å². The van der Waals surface area contributed by atoms with E-state index in [9.17, 15) is 14.4 Å². The number of ether oxygens (including phenoxy) is 2. The molecule has 3 aromatic carbocycles. The number of amides is 3. The summed E-state index contributed by atoms with van der Waals surface area (Å²) < 4.78 is 15.6. The van der Waals surface area contributed by atoms with Crippen LogP contribution >= 0.6 is 23.2 Å². The first-order chi connectivity index (χ1) is 23.1. The zero-order valence-electron chi connectivity index (χ0n) is 26.9. The minimum Gasteiger partial charge on any atom is -0.486 e. The fourth-order valence-electron chi connectivity index (χ4n) is 5.08. The van der Waals surface area contributed by atoms with Crippen LogP contribution in [-0.2, 0) is 36.2 Å². The number of methoxy groups -OCH3 is 1. The van der Waals surface area contributed by atoms with Gasteiger partial charge in [-0.1, -0.05) is 41.4 Å². The van der Waals surface area contributed by atoms with Gasteiger partial charge in [0.25, 0.3) is 11.9 Å². The maximum Gasteiger partial charge on any atom is 0.297 e. The summed E-state index contributed by atoms with van der Waals surface area (Å²) in [5.74, 6) is 0.498. The highest BCUT2D eigenvalue weighted by atomic mass is 35.5. The molecule has 0 spiro atoms. The van der Waals surface area contributed by atoms with Crippen molar-refractivity contribution in [3.05, 3.63) is 99.6 Å². The molecule has 5 aromatic rings. The second-order valence-corrected chi connectivity index (χ2v) is 11.7. The molecule has 2 N–H and O–H groups in total. The summed E-state index contributed by atoms with van der Waals surface area (Å²) in [6.45, 7) is 0.226. The number of rotatable bonds is 13. The normalized spacial score (nSPS) is 11.0. The highest BCUT2D eigenvalue weighted by Crippen LogP contribution is 2.36. The molecule has 0 aliphatic carbocycles. The lowest BCUT2D eigenvalue weighted by molar-refractivity contribution is -0.124. The van der Waals surface area contributed by atoms with E-state index in [4.69, 9.17) is 32.7 Å². The average Bonchev–Trinajstić information content (AvgIpc) is 3.68. The van der Waals surface area contributed by atoms with Gasteiger partial charge in [0, 0.05) is 56.1 Å². The van der Waals surface area contributed by atoms with Gasteiger partial charge in [0.05, 0.1) is 36.4 Å². The third-order valence-corrected chi connectivity index (χ3v) is 8.68. The van der Waals surface area contributed by atoms with Crippen molar-refractivity contribution in [2.45, 2.75) is 26.0 Å². The Balaban J connectivity index is 1.22. The number of hydrogen-bond donors (Lipinski definition) is 2. The number of benzene rings is 3. The second kappa shape index (κ2) is 15.2. The fourth-order valence-corrected chi connectivity index (χ4v) is 5.69. The van der Waals surface area contributed by atoms with Crippen LogP contribution in [0, 0.1) is 0 Å². The Morgan fingerprint density at radius 2 is 1.81 bits per heavy atom. The monoisotopic (exact) mass is 691 g/mol. The molecule has 0 aliphatic heterocycles. The van der Waals surface area contributed by atoms with E-state index in [1.165, 1.54) is 4.90 Å². The van der Waals surface area contributed by atoms with Gasteiger partial charge < -0.3 is 29.6 Å². The standard InChI is InChI=1S/C34H35Cl2N7O5/c1-37-33(46)22-11-8-21(9-12-22)10-15-29(44)39-18-30(45)42(3)25-14-13-24(35)23(31(25)36)20-48-27-7-5-6-26-32(27)40-34(47-4)43(26)19-28-38-16-17-41(28)2/h5-9,11-14,16-17H,10,15,18-20H2,1-4H3,(H,37,46)(H,39,44). The van der Waals surface area contributed by atoms with Crippen LogP contribution in [0.25, 0.3) is 11.0 Å². The van der Waals surface area contributed by atoms with Crippen molar-refractivity contribution >= 4 is 57.6 Å². The van der Waals surface area contributed by atoms with Gasteiger partial charge in [-0.2, -0.15) is 4.98 Å². The molecule has 0 radical (unpaired) electrons. The van der Waals surface area contributed by atoms with E-state index >= 15 is 0 Å². The summed E-state index contributed by atoms with van der Waals surface area (Å²) in [5, 5.41) is 5.85. The Morgan fingerprint density at radius 3 is 2.50 bits per heavy atom. The number of aromatic nitrogens is 4. The van der Waals surface area contributed by atoms with Crippen LogP contribution in [0.5, 0.6) is 11.8 Å². The van der Waals surface area contributed by atoms with Gasteiger partial charge in [-0.3, -0.25) is 19.0 Å². The maximum atomic E-state index is 13.0. The molecule has 0 atom stereocenters. The molecule has 0 saturated carbocycles. The lowest BCUT2D eigenvalue weighted by Gasteiger charge is -2.21. The lowest BCUT2D eigenvalue weighted by atomic mass is 10.1. The Labute approximate surface area is 287 Å². The molecular weight excluding hydrogens is 657 g/mol. The molecule has 48 heavy (non-hydrogen) atoms. The number of nitrogens with one attached hydrogen (secondary N) is 2. The lowest BCUT2D eigenvalue weighted by Crippen LogP contribution is -2.38. The maximum absolute atomic E-state index is 13.0. The van der Waals surface area contributed by atoms with Gasteiger partial charge in [-0.25, -0.2) is 4.98 Å². The van der Waals surface area contributed by atoms with Gasteiger partial charge in [-0.05, 0) is 48.4 Å². The largest absolute Gasteiger partial charge is 0.486 e. The molecule has 0 bridgehead atoms. The van der Waals surface area contributed by atoms with Gasteiger partial charge in [0.1, 0.15) is 23.7 Å². The number of hydrogen-bond acceptors (Lipinski definition) is 7. The average molecular weight is 693 g/mol. The van der Waals surface area contributed by atoms with E-state index in [-0.39, 0.29) is 42.3 Å². The van der Waals surface area contributed by atoms with Crippen LogP contribution in [0.4, 0.5) is 5.69 Å². The minimum absolute atomic E-state index is 0.00201. The summed E-state index contributed by atoms with van der Waals surface area (Å²) in [6, 6.07) is 16.3. The van der Waals surface area contributed by atoms with Crippen LogP contribution < -0.4 is 25.0 Å². The van der Waals surface area contributed by atoms with Crippen LogP contribution in [-0.4, -0.2) is 64.6 Å². The van der Waals surface area contributed by atoms with E-state index in [0.29, 0.717) is 52.1 Å². The molecule has 250 valence electrons. The third-order valence-electron chi connectivity index (χ3n) is 7.90. The summed E-state index contributed by atoms with van der Waals surface area (Å²) in [4.78, 5) is 47.7. The number of halogens is 2. The van der Waals surface area contributed by atoms with Crippen molar-refractivity contribution in [1.82, 2.24) is 29.7 Å². The summed E-state index contributed by atoms with van der Waals surface area (Å²) >= 11 is 13.3. The first-order valence-electron chi connectivity index (χ1n) is 15.0. The van der Waals surface area contributed by atoms with Crippen molar-refractivity contribution in [2.24, 2.45) is 7.05 Å². The fraction of sp³-hybridized carbons (Fsp3) is 0.265. The van der Waals surface area contributed by atoms with E-state index in [1.807, 2.05) is 34.5 Å². The molecule has 12 nitrogen and oxygen atoms in total. The Bertz CT molecular complexity index is 1960. The molecule has 0 aliphatic rings. The molecule has 0 saturated heterocycles. The number of carbonyl (C=O) groups excluding carboxylic acids is 3. The minimum atomic E-state index is -0.371. The van der Waals surface area contributed by atoms with E-state index in [0.717, 1.165) is 16.9 Å². The first kappa shape index (κ1) is 34.3. The third kappa shape index (κ3) is 7.56. The van der Waals surface area contributed by atoms with Crippen molar-refractivity contribution in [1.29, 1.82) is 0 Å². The number of likely N-dealkylation sites (N-methyl/N-ethyl adjacent to an activating group) is 1. The predicted octanol–water partition coefficient (Wildman–Crippen LogP) is 4.78. The Kier molecular flexibility index (Phi) is 10.9. The van der Waals surface area contributed by atoms with Gasteiger partial charge in [0.2, 0.25) is 11.8 Å². The van der Waals surface area contributed by atoms with E-state index in [2.05, 4.69) is 20.6 Å². The van der Waals surface area contributed by atoms with Gasteiger partial charge in [0.15, 0.2) is 0 Å². The van der Waals surface area contributed by atoms with Crippen LogP contribution in [0.2, 0.25) is 10.0 Å². The van der Waals surface area contributed by atoms with Crippen molar-refractivity contribution in [3.63, 3.8) is 0 Å². The number of aryl methyl sites for hydroxylation is 2. The zero-order chi connectivity index (χ0) is 34.4. The zero-order valence-corrected chi connectivity index (χ0v) is 28.4. The molecule has 0 unspecified atom stereocenters.